The minimum atomic E-state index is -0.394. The van der Waals surface area contributed by atoms with Gasteiger partial charge >= 0.3 is 0 Å². The Morgan fingerprint density at radius 2 is 1.90 bits per heavy atom. The molecule has 0 saturated carbocycles. The van der Waals surface area contributed by atoms with Gasteiger partial charge in [0.25, 0.3) is 0 Å². The van der Waals surface area contributed by atoms with Crippen molar-refractivity contribution in [2.75, 3.05) is 6.54 Å². The van der Waals surface area contributed by atoms with Gasteiger partial charge in [0, 0.05) is 29.9 Å². The Morgan fingerprint density at radius 3 is 2.52 bits per heavy atom. The van der Waals surface area contributed by atoms with Crippen LogP contribution >= 0.6 is 11.6 Å². The minimum Gasteiger partial charge on any atom is -0.356 e. The predicted octanol–water partition coefficient (Wildman–Crippen LogP) is 2.90. The normalized spacial score (nSPS) is 11.0. The van der Waals surface area contributed by atoms with E-state index >= 15 is 0 Å². The van der Waals surface area contributed by atoms with Gasteiger partial charge in [-0.25, -0.2) is 0 Å². The quantitative estimate of drug-likeness (QED) is 0.794. The molecule has 21 heavy (non-hydrogen) atoms. The van der Waals surface area contributed by atoms with E-state index in [0.717, 1.165) is 5.56 Å². The molecule has 0 atom stereocenters. The molecule has 2 N–H and O–H groups in total. The van der Waals surface area contributed by atoms with Crippen LogP contribution in [0.3, 0.4) is 0 Å². The zero-order chi connectivity index (χ0) is 15.9. The summed E-state index contributed by atoms with van der Waals surface area (Å²) in [6.07, 6.45) is 1.02. The molecule has 116 valence electrons. The first-order valence-corrected chi connectivity index (χ1v) is 7.46. The zero-order valence-electron chi connectivity index (χ0n) is 12.8. The molecule has 0 aliphatic rings. The Bertz CT molecular complexity index is 495. The van der Waals surface area contributed by atoms with Crippen molar-refractivity contribution in [3.05, 3.63) is 34.9 Å². The number of hydrogen-bond donors (Lipinski definition) is 2. The Morgan fingerprint density at radius 1 is 1.19 bits per heavy atom. The number of carbonyl (C=O) groups excluding carboxylic acids is 2. The van der Waals surface area contributed by atoms with E-state index in [1.54, 1.807) is 6.07 Å². The number of hydrogen-bond acceptors (Lipinski definition) is 2. The Kier molecular flexibility index (Phi) is 6.69. The highest BCUT2D eigenvalue weighted by atomic mass is 35.5. The highest BCUT2D eigenvalue weighted by Gasteiger charge is 2.20. The fourth-order valence-electron chi connectivity index (χ4n) is 1.65. The van der Waals surface area contributed by atoms with E-state index < -0.39 is 5.41 Å². The first-order chi connectivity index (χ1) is 9.79. The van der Waals surface area contributed by atoms with Crippen molar-refractivity contribution in [3.63, 3.8) is 0 Å². The third-order valence-electron chi connectivity index (χ3n) is 2.93. The number of nitrogens with one attached hydrogen (secondary N) is 2. The first kappa shape index (κ1) is 17.5. The molecule has 0 spiro atoms. The molecule has 0 saturated heterocycles. The van der Waals surface area contributed by atoms with Gasteiger partial charge in [-0.2, -0.15) is 0 Å². The number of benzene rings is 1. The monoisotopic (exact) mass is 310 g/mol. The van der Waals surface area contributed by atoms with E-state index in [2.05, 4.69) is 10.6 Å². The molecule has 0 radical (unpaired) electrons. The molecular formula is C16H23ClN2O2. The maximum atomic E-state index is 11.7. The summed E-state index contributed by atoms with van der Waals surface area (Å²) in [7, 11) is 0. The van der Waals surface area contributed by atoms with E-state index in [-0.39, 0.29) is 11.8 Å². The van der Waals surface area contributed by atoms with Crippen LogP contribution in [-0.2, 0) is 16.1 Å². The molecule has 1 aromatic rings. The van der Waals surface area contributed by atoms with Crippen molar-refractivity contribution < 1.29 is 9.59 Å². The van der Waals surface area contributed by atoms with Crippen molar-refractivity contribution in [1.29, 1.82) is 0 Å². The molecule has 2 amide bonds. The molecule has 1 rings (SSSR count). The maximum absolute atomic E-state index is 11.7. The number of amides is 2. The summed E-state index contributed by atoms with van der Waals surface area (Å²) >= 11 is 5.88. The van der Waals surface area contributed by atoms with E-state index in [1.165, 1.54) is 0 Å². The van der Waals surface area contributed by atoms with E-state index in [9.17, 15) is 9.59 Å². The van der Waals surface area contributed by atoms with Crippen LogP contribution in [0.25, 0.3) is 0 Å². The number of halogens is 1. The SMILES string of the molecule is CC(C)(C)C(=O)NCCCC(=O)NCc1cccc(Cl)c1. The van der Waals surface area contributed by atoms with Crippen LogP contribution in [0.5, 0.6) is 0 Å². The van der Waals surface area contributed by atoms with Gasteiger partial charge in [0.05, 0.1) is 0 Å². The molecule has 5 heteroatoms. The third kappa shape index (κ3) is 7.14. The van der Waals surface area contributed by atoms with Crippen molar-refractivity contribution in [1.82, 2.24) is 10.6 Å². The maximum Gasteiger partial charge on any atom is 0.225 e. The fraction of sp³-hybridized carbons (Fsp3) is 0.500. The third-order valence-corrected chi connectivity index (χ3v) is 3.16. The van der Waals surface area contributed by atoms with Gasteiger partial charge in [-0.15, -0.1) is 0 Å². The van der Waals surface area contributed by atoms with Crippen LogP contribution in [0.4, 0.5) is 0 Å². The lowest BCUT2D eigenvalue weighted by molar-refractivity contribution is -0.128. The molecule has 0 heterocycles. The van der Waals surface area contributed by atoms with Crippen LogP contribution in [-0.4, -0.2) is 18.4 Å². The molecule has 0 unspecified atom stereocenters. The smallest absolute Gasteiger partial charge is 0.225 e. The summed E-state index contributed by atoms with van der Waals surface area (Å²) in [4.78, 5) is 23.3. The summed E-state index contributed by atoms with van der Waals surface area (Å²) in [5, 5.41) is 6.32. The summed E-state index contributed by atoms with van der Waals surface area (Å²) in [6.45, 7) is 6.56. The number of carbonyl (C=O) groups is 2. The molecule has 0 fully saturated rings. The van der Waals surface area contributed by atoms with E-state index in [4.69, 9.17) is 11.6 Å². The van der Waals surface area contributed by atoms with Crippen LogP contribution in [0.2, 0.25) is 5.02 Å². The molecule has 0 bridgehead atoms. The molecule has 1 aromatic carbocycles. The lowest BCUT2D eigenvalue weighted by atomic mass is 9.96. The average Bonchev–Trinajstić information content (AvgIpc) is 2.40. The van der Waals surface area contributed by atoms with E-state index in [1.807, 2.05) is 39.0 Å². The fourth-order valence-corrected chi connectivity index (χ4v) is 1.86. The Labute approximate surface area is 131 Å². The van der Waals surface area contributed by atoms with Gasteiger partial charge in [-0.05, 0) is 24.1 Å². The molecule has 0 aliphatic carbocycles. The highest BCUT2D eigenvalue weighted by molar-refractivity contribution is 6.30. The second-order valence-corrected chi connectivity index (χ2v) is 6.45. The summed E-state index contributed by atoms with van der Waals surface area (Å²) < 4.78 is 0. The van der Waals surface area contributed by atoms with Crippen LogP contribution in [0.1, 0.15) is 39.2 Å². The van der Waals surface area contributed by atoms with Gasteiger partial charge in [0.1, 0.15) is 0 Å². The van der Waals surface area contributed by atoms with Crippen molar-refractivity contribution >= 4 is 23.4 Å². The highest BCUT2D eigenvalue weighted by Crippen LogP contribution is 2.12. The summed E-state index contributed by atoms with van der Waals surface area (Å²) in [5.74, 6) is -0.0261. The zero-order valence-corrected chi connectivity index (χ0v) is 13.6. The van der Waals surface area contributed by atoms with Gasteiger partial charge in [0.2, 0.25) is 11.8 Å². The van der Waals surface area contributed by atoms with Crippen molar-refractivity contribution in [2.45, 2.75) is 40.2 Å². The molecule has 4 nitrogen and oxygen atoms in total. The minimum absolute atomic E-state index is 0.00170. The molecule has 0 aliphatic heterocycles. The molecular weight excluding hydrogens is 288 g/mol. The topological polar surface area (TPSA) is 58.2 Å². The number of rotatable bonds is 6. The summed E-state index contributed by atoms with van der Waals surface area (Å²) in [6, 6.07) is 7.39. The average molecular weight is 311 g/mol. The van der Waals surface area contributed by atoms with Gasteiger partial charge in [-0.3, -0.25) is 9.59 Å². The van der Waals surface area contributed by atoms with E-state index in [0.29, 0.717) is 31.0 Å². The predicted molar refractivity (Wildman–Crippen MR) is 85.0 cm³/mol. The van der Waals surface area contributed by atoms with Crippen LogP contribution in [0.15, 0.2) is 24.3 Å². The van der Waals surface area contributed by atoms with Crippen LogP contribution < -0.4 is 10.6 Å². The van der Waals surface area contributed by atoms with Crippen molar-refractivity contribution in [2.24, 2.45) is 5.41 Å². The van der Waals surface area contributed by atoms with Crippen LogP contribution in [0, 0.1) is 5.41 Å². The second kappa shape index (κ2) is 8.03. The first-order valence-electron chi connectivity index (χ1n) is 7.08. The van der Waals surface area contributed by atoms with Crippen molar-refractivity contribution in [3.8, 4) is 0 Å². The molecule has 0 aromatic heterocycles. The standard InChI is InChI=1S/C16H23ClN2O2/c1-16(2,3)15(21)18-9-5-8-14(20)19-11-12-6-4-7-13(17)10-12/h4,6-7,10H,5,8-9,11H2,1-3H3,(H,18,21)(H,19,20). The second-order valence-electron chi connectivity index (χ2n) is 6.02. The largest absolute Gasteiger partial charge is 0.356 e. The van der Waals surface area contributed by atoms with Gasteiger partial charge in [0.15, 0.2) is 0 Å². The van der Waals surface area contributed by atoms with Gasteiger partial charge < -0.3 is 10.6 Å². The Hall–Kier alpha value is -1.55. The lowest BCUT2D eigenvalue weighted by Crippen LogP contribution is -2.35. The lowest BCUT2D eigenvalue weighted by Gasteiger charge is -2.17. The van der Waals surface area contributed by atoms with Gasteiger partial charge in [-0.1, -0.05) is 44.5 Å². The summed E-state index contributed by atoms with van der Waals surface area (Å²) in [5.41, 5.74) is 0.575. The Balaban J connectivity index is 2.19.